The first-order valence-corrected chi connectivity index (χ1v) is 6.79. The van der Waals surface area contributed by atoms with Crippen molar-refractivity contribution in [2.45, 2.75) is 13.1 Å². The van der Waals surface area contributed by atoms with E-state index in [2.05, 4.69) is 20.3 Å². The SMILES string of the molecule is Cc1cc(-c2ccc(C(F)(F)F)cc2)nc(-c2cnnn2Cl)n1. The molecule has 23 heavy (non-hydrogen) atoms. The Labute approximate surface area is 133 Å². The van der Waals surface area contributed by atoms with Gasteiger partial charge in [-0.15, -0.1) is 9.30 Å². The molecule has 2 heterocycles. The van der Waals surface area contributed by atoms with Crippen LogP contribution >= 0.6 is 11.8 Å². The van der Waals surface area contributed by atoms with Crippen LogP contribution < -0.4 is 0 Å². The van der Waals surface area contributed by atoms with Gasteiger partial charge < -0.3 is 0 Å². The van der Waals surface area contributed by atoms with Crippen LogP contribution in [0.2, 0.25) is 0 Å². The van der Waals surface area contributed by atoms with Gasteiger partial charge in [-0.25, -0.2) is 9.97 Å². The van der Waals surface area contributed by atoms with Crippen molar-refractivity contribution in [3.63, 3.8) is 0 Å². The van der Waals surface area contributed by atoms with Gasteiger partial charge in [0.2, 0.25) is 0 Å². The Kier molecular flexibility index (Phi) is 3.77. The molecule has 9 heteroatoms. The highest BCUT2D eigenvalue weighted by Crippen LogP contribution is 2.31. The first-order chi connectivity index (χ1) is 10.8. The normalized spacial score (nSPS) is 11.7. The maximum Gasteiger partial charge on any atom is 0.416 e. The van der Waals surface area contributed by atoms with Crippen LogP contribution in [0.3, 0.4) is 0 Å². The smallest absolute Gasteiger partial charge is 0.232 e. The Morgan fingerprint density at radius 2 is 1.78 bits per heavy atom. The predicted octanol–water partition coefficient (Wildman–Crippen LogP) is 3.73. The summed E-state index contributed by atoms with van der Waals surface area (Å²) in [4.78, 5) is 8.56. The average Bonchev–Trinajstić information content (AvgIpc) is 2.92. The van der Waals surface area contributed by atoms with Crippen molar-refractivity contribution in [2.24, 2.45) is 0 Å². The summed E-state index contributed by atoms with van der Waals surface area (Å²) in [7, 11) is 0. The molecule has 3 aromatic rings. The maximum atomic E-state index is 12.6. The summed E-state index contributed by atoms with van der Waals surface area (Å²) in [5.41, 5.74) is 1.35. The van der Waals surface area contributed by atoms with Gasteiger partial charge in [-0.2, -0.15) is 13.2 Å². The van der Waals surface area contributed by atoms with Gasteiger partial charge in [0.05, 0.1) is 17.5 Å². The molecular formula is C14H9ClF3N5. The highest BCUT2D eigenvalue weighted by Gasteiger charge is 2.30. The predicted molar refractivity (Wildman–Crippen MR) is 77.5 cm³/mol. The summed E-state index contributed by atoms with van der Waals surface area (Å²) in [6.07, 6.45) is -2.97. The fourth-order valence-corrected chi connectivity index (χ4v) is 2.18. The molecule has 0 fully saturated rings. The van der Waals surface area contributed by atoms with E-state index in [9.17, 15) is 13.2 Å². The minimum Gasteiger partial charge on any atom is -0.232 e. The topological polar surface area (TPSA) is 56.5 Å². The highest BCUT2D eigenvalue weighted by molar-refractivity contribution is 6.16. The van der Waals surface area contributed by atoms with Gasteiger partial charge in [0.25, 0.3) is 0 Å². The molecule has 2 aromatic heterocycles. The zero-order valence-electron chi connectivity index (χ0n) is 11.7. The second-order valence-electron chi connectivity index (χ2n) is 4.77. The van der Waals surface area contributed by atoms with Crippen molar-refractivity contribution < 1.29 is 13.2 Å². The first kappa shape index (κ1) is 15.4. The number of aromatic nitrogens is 5. The van der Waals surface area contributed by atoms with Gasteiger partial charge >= 0.3 is 6.18 Å². The molecule has 0 N–H and O–H groups in total. The van der Waals surface area contributed by atoms with E-state index >= 15 is 0 Å². The number of alkyl halides is 3. The Bertz CT molecular complexity index is 842. The fourth-order valence-electron chi connectivity index (χ4n) is 2.02. The van der Waals surface area contributed by atoms with E-state index in [4.69, 9.17) is 11.8 Å². The minimum atomic E-state index is -4.37. The Hall–Kier alpha value is -2.48. The first-order valence-electron chi connectivity index (χ1n) is 6.45. The highest BCUT2D eigenvalue weighted by atomic mass is 35.5. The standard InChI is InChI=1S/C14H9ClF3N5/c1-8-6-11(9-2-4-10(5-3-9)14(16,17)18)21-13(20-8)12-7-19-22-23(12)15/h2-7H,1H3. The summed E-state index contributed by atoms with van der Waals surface area (Å²) in [5.74, 6) is 0.292. The third kappa shape index (κ3) is 3.16. The van der Waals surface area contributed by atoms with Crippen molar-refractivity contribution >= 4 is 11.8 Å². The largest absolute Gasteiger partial charge is 0.416 e. The molecule has 0 aliphatic carbocycles. The lowest BCUT2D eigenvalue weighted by atomic mass is 10.1. The Morgan fingerprint density at radius 1 is 1.09 bits per heavy atom. The Balaban J connectivity index is 2.04. The minimum absolute atomic E-state index is 0.292. The second-order valence-corrected chi connectivity index (χ2v) is 5.09. The monoisotopic (exact) mass is 339 g/mol. The quantitative estimate of drug-likeness (QED) is 0.714. The molecule has 0 aliphatic rings. The number of hydrogen-bond donors (Lipinski definition) is 0. The molecule has 0 radical (unpaired) electrons. The van der Waals surface area contributed by atoms with Crippen molar-refractivity contribution in [2.75, 3.05) is 0 Å². The van der Waals surface area contributed by atoms with E-state index in [-0.39, 0.29) is 0 Å². The van der Waals surface area contributed by atoms with Gasteiger partial charge in [-0.1, -0.05) is 17.3 Å². The number of nitrogens with zero attached hydrogens (tertiary/aromatic N) is 5. The van der Waals surface area contributed by atoms with E-state index in [0.717, 1.165) is 16.3 Å². The molecule has 0 bridgehead atoms. The molecular weight excluding hydrogens is 331 g/mol. The van der Waals surface area contributed by atoms with Gasteiger partial charge in [0.1, 0.15) is 5.69 Å². The van der Waals surface area contributed by atoms with Gasteiger partial charge in [0.15, 0.2) is 5.82 Å². The third-order valence-electron chi connectivity index (χ3n) is 3.10. The van der Waals surface area contributed by atoms with Crippen LogP contribution in [0.5, 0.6) is 0 Å². The number of aryl methyl sites for hydroxylation is 1. The third-order valence-corrected chi connectivity index (χ3v) is 3.35. The number of halogens is 4. The van der Waals surface area contributed by atoms with Crippen LogP contribution in [0.15, 0.2) is 36.5 Å². The zero-order chi connectivity index (χ0) is 16.6. The summed E-state index contributed by atoms with van der Waals surface area (Å²) in [6.45, 7) is 1.75. The van der Waals surface area contributed by atoms with Crippen molar-refractivity contribution in [3.8, 4) is 22.8 Å². The van der Waals surface area contributed by atoms with E-state index in [0.29, 0.717) is 28.5 Å². The fraction of sp³-hybridized carbons (Fsp3) is 0.143. The molecule has 0 saturated carbocycles. The average molecular weight is 340 g/mol. The lowest BCUT2D eigenvalue weighted by Crippen LogP contribution is -2.04. The lowest BCUT2D eigenvalue weighted by Gasteiger charge is -2.08. The van der Waals surface area contributed by atoms with Gasteiger partial charge in [0, 0.05) is 23.0 Å². The van der Waals surface area contributed by atoms with E-state index < -0.39 is 11.7 Å². The molecule has 0 aliphatic heterocycles. The maximum absolute atomic E-state index is 12.6. The van der Waals surface area contributed by atoms with Crippen molar-refractivity contribution in [1.29, 1.82) is 0 Å². The molecule has 0 saturated heterocycles. The molecule has 0 spiro atoms. The molecule has 1 aromatic carbocycles. The molecule has 0 unspecified atom stereocenters. The second kappa shape index (κ2) is 5.62. The van der Waals surface area contributed by atoms with E-state index in [1.54, 1.807) is 13.0 Å². The number of benzene rings is 1. The molecule has 118 valence electrons. The summed E-state index contributed by atoms with van der Waals surface area (Å²) in [6, 6.07) is 6.43. The van der Waals surface area contributed by atoms with E-state index in [1.165, 1.54) is 18.3 Å². The van der Waals surface area contributed by atoms with E-state index in [1.807, 2.05) is 0 Å². The van der Waals surface area contributed by atoms with Crippen LogP contribution in [0.4, 0.5) is 13.2 Å². The van der Waals surface area contributed by atoms with Crippen LogP contribution in [-0.2, 0) is 6.18 Å². The van der Waals surface area contributed by atoms with Crippen LogP contribution in [0.25, 0.3) is 22.8 Å². The van der Waals surface area contributed by atoms with Crippen molar-refractivity contribution in [1.82, 2.24) is 24.5 Å². The summed E-state index contributed by atoms with van der Waals surface area (Å²) >= 11 is 5.83. The van der Waals surface area contributed by atoms with Crippen LogP contribution in [0.1, 0.15) is 11.3 Å². The lowest BCUT2D eigenvalue weighted by molar-refractivity contribution is -0.137. The summed E-state index contributed by atoms with van der Waals surface area (Å²) < 4.78 is 38.9. The molecule has 5 nitrogen and oxygen atoms in total. The van der Waals surface area contributed by atoms with Crippen LogP contribution in [0, 0.1) is 6.92 Å². The Morgan fingerprint density at radius 3 is 2.35 bits per heavy atom. The van der Waals surface area contributed by atoms with Crippen molar-refractivity contribution in [3.05, 3.63) is 47.8 Å². The summed E-state index contributed by atoms with van der Waals surface area (Å²) in [5, 5.41) is 7.24. The van der Waals surface area contributed by atoms with Gasteiger partial charge in [-0.05, 0) is 25.1 Å². The number of hydrogen-bond acceptors (Lipinski definition) is 4. The zero-order valence-corrected chi connectivity index (χ0v) is 12.5. The van der Waals surface area contributed by atoms with Crippen LogP contribution in [-0.4, -0.2) is 24.5 Å². The molecule has 0 atom stereocenters. The molecule has 0 amide bonds. The van der Waals surface area contributed by atoms with Gasteiger partial charge in [-0.3, -0.25) is 0 Å². The number of rotatable bonds is 2. The molecule has 3 rings (SSSR count).